The standard InChI is InChI=1S/C17H24F3N3O2/c1-3-8-21-15(24)11-23(9-4-2)12-16(25)22-14-7-5-6-13(10-14)17(18,19)20/h5-7,10H,3-4,8-9,11-12H2,1-2H3,(H,21,24)(H,22,25). The first-order valence-corrected chi connectivity index (χ1v) is 8.22. The van der Waals surface area contributed by atoms with Gasteiger partial charge in [0.25, 0.3) is 0 Å². The van der Waals surface area contributed by atoms with Crippen LogP contribution in [0.2, 0.25) is 0 Å². The van der Waals surface area contributed by atoms with Crippen molar-refractivity contribution in [3.8, 4) is 0 Å². The average Bonchev–Trinajstić information content (AvgIpc) is 2.52. The van der Waals surface area contributed by atoms with Crippen LogP contribution in [0.15, 0.2) is 24.3 Å². The molecule has 5 nitrogen and oxygen atoms in total. The quantitative estimate of drug-likeness (QED) is 0.713. The Morgan fingerprint density at radius 3 is 2.36 bits per heavy atom. The van der Waals surface area contributed by atoms with E-state index in [0.29, 0.717) is 13.1 Å². The number of hydrogen-bond donors (Lipinski definition) is 2. The predicted octanol–water partition coefficient (Wildman–Crippen LogP) is 2.88. The number of benzene rings is 1. The summed E-state index contributed by atoms with van der Waals surface area (Å²) < 4.78 is 38.1. The fraction of sp³-hybridized carbons (Fsp3) is 0.529. The first kappa shape index (κ1) is 21.0. The van der Waals surface area contributed by atoms with E-state index in [1.807, 2.05) is 13.8 Å². The summed E-state index contributed by atoms with van der Waals surface area (Å²) in [6.45, 7) is 4.96. The third-order valence-corrected chi connectivity index (χ3v) is 3.32. The van der Waals surface area contributed by atoms with Crippen molar-refractivity contribution in [3.05, 3.63) is 29.8 Å². The number of alkyl halides is 3. The molecular weight excluding hydrogens is 335 g/mol. The molecule has 0 aliphatic carbocycles. The number of rotatable bonds is 9. The zero-order chi connectivity index (χ0) is 18.9. The lowest BCUT2D eigenvalue weighted by Gasteiger charge is -2.20. The van der Waals surface area contributed by atoms with Crippen molar-refractivity contribution in [2.24, 2.45) is 0 Å². The smallest absolute Gasteiger partial charge is 0.355 e. The molecule has 0 spiro atoms. The van der Waals surface area contributed by atoms with Crippen LogP contribution in [-0.2, 0) is 15.8 Å². The molecule has 0 aliphatic heterocycles. The van der Waals surface area contributed by atoms with Crippen LogP contribution in [-0.4, -0.2) is 42.9 Å². The van der Waals surface area contributed by atoms with Gasteiger partial charge in [-0.15, -0.1) is 0 Å². The summed E-state index contributed by atoms with van der Waals surface area (Å²) in [5, 5.41) is 5.18. The Balaban J connectivity index is 2.64. The minimum Gasteiger partial charge on any atom is -0.355 e. The molecule has 0 bridgehead atoms. The van der Waals surface area contributed by atoms with Crippen molar-refractivity contribution in [1.82, 2.24) is 10.2 Å². The van der Waals surface area contributed by atoms with Crippen LogP contribution in [0.1, 0.15) is 32.3 Å². The maximum absolute atomic E-state index is 12.7. The van der Waals surface area contributed by atoms with Crippen LogP contribution >= 0.6 is 0 Å². The molecule has 0 heterocycles. The van der Waals surface area contributed by atoms with Gasteiger partial charge in [-0.3, -0.25) is 14.5 Å². The lowest BCUT2D eigenvalue weighted by molar-refractivity contribution is -0.137. The highest BCUT2D eigenvalue weighted by atomic mass is 19.4. The van der Waals surface area contributed by atoms with E-state index in [4.69, 9.17) is 0 Å². The molecule has 0 aromatic heterocycles. The predicted molar refractivity (Wildman–Crippen MR) is 90.1 cm³/mol. The molecule has 2 amide bonds. The van der Waals surface area contributed by atoms with Gasteiger partial charge < -0.3 is 10.6 Å². The van der Waals surface area contributed by atoms with Crippen LogP contribution in [0, 0.1) is 0 Å². The minimum absolute atomic E-state index is 0.0658. The first-order valence-electron chi connectivity index (χ1n) is 8.22. The zero-order valence-corrected chi connectivity index (χ0v) is 14.4. The molecule has 2 N–H and O–H groups in total. The molecule has 8 heteroatoms. The molecule has 1 aromatic rings. The van der Waals surface area contributed by atoms with Crippen LogP contribution < -0.4 is 10.6 Å². The SMILES string of the molecule is CCCNC(=O)CN(CCC)CC(=O)Nc1cccc(C(F)(F)F)c1. The number of carbonyl (C=O) groups excluding carboxylic acids is 2. The van der Waals surface area contributed by atoms with E-state index >= 15 is 0 Å². The van der Waals surface area contributed by atoms with Gasteiger partial charge in [0, 0.05) is 12.2 Å². The maximum Gasteiger partial charge on any atom is 0.416 e. The second kappa shape index (κ2) is 10.0. The molecular formula is C17H24F3N3O2. The molecule has 0 atom stereocenters. The number of hydrogen-bond acceptors (Lipinski definition) is 3. The fourth-order valence-electron chi connectivity index (χ4n) is 2.23. The van der Waals surface area contributed by atoms with Crippen LogP contribution in [0.4, 0.5) is 18.9 Å². The van der Waals surface area contributed by atoms with E-state index in [-0.39, 0.29) is 24.7 Å². The van der Waals surface area contributed by atoms with Gasteiger partial charge in [0.2, 0.25) is 11.8 Å². The van der Waals surface area contributed by atoms with Gasteiger partial charge >= 0.3 is 6.18 Å². The minimum atomic E-state index is -4.47. The topological polar surface area (TPSA) is 61.4 Å². The summed E-state index contributed by atoms with van der Waals surface area (Å²) >= 11 is 0. The number of carbonyl (C=O) groups is 2. The van der Waals surface area contributed by atoms with Gasteiger partial charge in [-0.05, 0) is 37.6 Å². The summed E-state index contributed by atoms with van der Waals surface area (Å²) in [4.78, 5) is 25.5. The van der Waals surface area contributed by atoms with Crippen molar-refractivity contribution >= 4 is 17.5 Å². The Kier molecular flexibility index (Phi) is 8.40. The van der Waals surface area contributed by atoms with Crippen molar-refractivity contribution in [3.63, 3.8) is 0 Å². The van der Waals surface area contributed by atoms with Crippen LogP contribution in [0.5, 0.6) is 0 Å². The largest absolute Gasteiger partial charge is 0.416 e. The van der Waals surface area contributed by atoms with E-state index in [2.05, 4.69) is 10.6 Å². The van der Waals surface area contributed by atoms with Gasteiger partial charge in [0.1, 0.15) is 0 Å². The second-order valence-electron chi connectivity index (χ2n) is 5.69. The van der Waals surface area contributed by atoms with Gasteiger partial charge in [-0.2, -0.15) is 13.2 Å². The summed E-state index contributed by atoms with van der Waals surface area (Å²) in [5.74, 6) is -0.641. The van der Waals surface area contributed by atoms with Crippen molar-refractivity contribution < 1.29 is 22.8 Å². The molecule has 0 unspecified atom stereocenters. The molecule has 140 valence electrons. The Morgan fingerprint density at radius 2 is 1.76 bits per heavy atom. The molecule has 0 saturated carbocycles. The molecule has 25 heavy (non-hydrogen) atoms. The Labute approximate surface area is 145 Å². The molecule has 1 rings (SSSR count). The summed E-state index contributed by atoms with van der Waals surface area (Å²) in [5.41, 5.74) is -0.749. The molecule has 0 radical (unpaired) electrons. The number of halogens is 3. The maximum atomic E-state index is 12.7. The highest BCUT2D eigenvalue weighted by Gasteiger charge is 2.30. The van der Waals surface area contributed by atoms with E-state index in [1.165, 1.54) is 12.1 Å². The summed E-state index contributed by atoms with van der Waals surface area (Å²) in [7, 11) is 0. The van der Waals surface area contributed by atoms with Crippen LogP contribution in [0.25, 0.3) is 0 Å². The molecule has 0 saturated heterocycles. The second-order valence-corrected chi connectivity index (χ2v) is 5.69. The van der Waals surface area contributed by atoms with E-state index in [9.17, 15) is 22.8 Å². The van der Waals surface area contributed by atoms with Crippen molar-refractivity contribution in [2.45, 2.75) is 32.9 Å². The van der Waals surface area contributed by atoms with Gasteiger partial charge in [0.15, 0.2) is 0 Å². The lowest BCUT2D eigenvalue weighted by atomic mass is 10.2. The molecule has 1 aromatic carbocycles. The third-order valence-electron chi connectivity index (χ3n) is 3.32. The third kappa shape index (κ3) is 8.02. The number of anilines is 1. The summed E-state index contributed by atoms with van der Waals surface area (Å²) in [6.07, 6.45) is -2.90. The van der Waals surface area contributed by atoms with E-state index in [1.54, 1.807) is 4.90 Å². The highest BCUT2D eigenvalue weighted by molar-refractivity contribution is 5.92. The fourth-order valence-corrected chi connectivity index (χ4v) is 2.23. The van der Waals surface area contributed by atoms with E-state index in [0.717, 1.165) is 25.0 Å². The average molecular weight is 359 g/mol. The number of nitrogens with one attached hydrogen (secondary N) is 2. The monoisotopic (exact) mass is 359 g/mol. The van der Waals surface area contributed by atoms with E-state index < -0.39 is 17.6 Å². The van der Waals surface area contributed by atoms with Crippen molar-refractivity contribution in [1.29, 1.82) is 0 Å². The van der Waals surface area contributed by atoms with Crippen molar-refractivity contribution in [2.75, 3.05) is 31.5 Å². The Morgan fingerprint density at radius 1 is 1.08 bits per heavy atom. The zero-order valence-electron chi connectivity index (χ0n) is 14.4. The first-order chi connectivity index (χ1) is 11.8. The Hall–Kier alpha value is -2.09. The van der Waals surface area contributed by atoms with Gasteiger partial charge in [-0.1, -0.05) is 19.9 Å². The molecule has 0 fully saturated rings. The number of nitrogens with zero attached hydrogens (tertiary/aromatic N) is 1. The summed E-state index contributed by atoms with van der Waals surface area (Å²) in [6, 6.07) is 4.46. The normalized spacial score (nSPS) is 11.4. The molecule has 0 aliphatic rings. The number of amides is 2. The van der Waals surface area contributed by atoms with Gasteiger partial charge in [0.05, 0.1) is 18.7 Å². The Bertz CT molecular complexity index is 577. The van der Waals surface area contributed by atoms with Gasteiger partial charge in [-0.25, -0.2) is 0 Å². The van der Waals surface area contributed by atoms with Crippen LogP contribution in [0.3, 0.4) is 0 Å². The lowest BCUT2D eigenvalue weighted by Crippen LogP contribution is -2.41. The highest BCUT2D eigenvalue weighted by Crippen LogP contribution is 2.30.